The summed E-state index contributed by atoms with van der Waals surface area (Å²) in [7, 11) is -2.32. The number of benzene rings is 1. The minimum absolute atomic E-state index is 0.0167. The molecule has 3 aromatic rings. The van der Waals surface area contributed by atoms with Crippen LogP contribution in [0.15, 0.2) is 60.3 Å². The van der Waals surface area contributed by atoms with Crippen molar-refractivity contribution in [2.45, 2.75) is 19.0 Å². The predicted molar refractivity (Wildman–Crippen MR) is 138 cm³/mol. The third-order valence-corrected chi connectivity index (χ3v) is 7.80. The Balaban J connectivity index is 1.41. The smallest absolute Gasteiger partial charge is 0.254 e. The molecule has 4 rings (SSSR count). The molecule has 1 aliphatic rings. The highest BCUT2D eigenvalue weighted by molar-refractivity contribution is 7.92. The maximum absolute atomic E-state index is 15.0. The summed E-state index contributed by atoms with van der Waals surface area (Å²) in [6.45, 7) is 0.428. The minimum Gasteiger partial charge on any atom is -0.337 e. The summed E-state index contributed by atoms with van der Waals surface area (Å²) in [6, 6.07) is 9.77. The number of carbonyl (C=O) groups excluding carboxylic acids is 2. The number of hydrogen-bond donors (Lipinski definition) is 1. The van der Waals surface area contributed by atoms with E-state index in [1.165, 1.54) is 39.3 Å². The second kappa shape index (κ2) is 10.9. The number of carbonyl (C=O) groups is 2. The summed E-state index contributed by atoms with van der Waals surface area (Å²) in [6.07, 6.45) is 4.83. The maximum atomic E-state index is 15.0. The predicted octanol–water partition coefficient (Wildman–Crippen LogP) is 3.90. The third-order valence-electron chi connectivity index (χ3n) is 5.49. The molecule has 0 bridgehead atoms. The number of rotatable bonds is 8. The molecule has 1 atom stereocenters. The number of nitrogens with one attached hydrogen (secondary N) is 1. The van der Waals surface area contributed by atoms with Gasteiger partial charge >= 0.3 is 0 Å². The Bertz CT molecular complexity index is 1410. The Kier molecular flexibility index (Phi) is 7.84. The van der Waals surface area contributed by atoms with E-state index in [1.807, 2.05) is 6.07 Å². The summed E-state index contributed by atoms with van der Waals surface area (Å²) in [5.74, 6) is -1.71. The molecule has 0 radical (unpaired) electrons. The lowest BCUT2D eigenvalue weighted by molar-refractivity contribution is -0.118. The summed E-state index contributed by atoms with van der Waals surface area (Å²) >= 11 is 7.06. The molecule has 36 heavy (non-hydrogen) atoms. The van der Waals surface area contributed by atoms with Gasteiger partial charge in [-0.3, -0.25) is 14.6 Å². The zero-order valence-corrected chi connectivity index (χ0v) is 21.5. The zero-order valence-electron chi connectivity index (χ0n) is 19.1. The molecule has 1 aliphatic heterocycles. The average Bonchev–Trinajstić information content (AvgIpc) is 3.43. The van der Waals surface area contributed by atoms with Gasteiger partial charge in [-0.25, -0.2) is 12.8 Å². The molecule has 0 spiro atoms. The first kappa shape index (κ1) is 26.0. The van der Waals surface area contributed by atoms with Gasteiger partial charge in [0.05, 0.1) is 10.0 Å². The summed E-state index contributed by atoms with van der Waals surface area (Å²) in [5.41, 5.74) is 0.943. The van der Waals surface area contributed by atoms with E-state index >= 15 is 0 Å². The second-order valence-electron chi connectivity index (χ2n) is 8.13. The van der Waals surface area contributed by atoms with Crippen LogP contribution in [0.1, 0.15) is 27.2 Å². The highest BCUT2D eigenvalue weighted by atomic mass is 35.5. The van der Waals surface area contributed by atoms with E-state index in [9.17, 15) is 22.4 Å². The molecular weight excluding hydrogens is 527 g/mol. The molecule has 1 saturated heterocycles. The van der Waals surface area contributed by atoms with E-state index in [4.69, 9.17) is 11.6 Å². The minimum atomic E-state index is -3.92. The Morgan fingerprint density at radius 3 is 2.81 bits per heavy atom. The standard InChI is InChI=1S/C24H22ClFN4O4S2/c1-29(15-16-3-2-10-27-14-16)23(31)17-4-6-21(19(26)13-17)30-11-8-20(24(30)32)28-36(33,34)12-9-18-5-7-22(25)35-18/h2-7,9-10,12-14,20,28H,8,11,15H2,1H3/b12-9+. The number of nitrogens with zero attached hydrogens (tertiary/aromatic N) is 3. The quantitative estimate of drug-likeness (QED) is 0.460. The van der Waals surface area contributed by atoms with Crippen LogP contribution in [0, 0.1) is 5.82 Å². The van der Waals surface area contributed by atoms with Crippen molar-refractivity contribution in [2.24, 2.45) is 0 Å². The van der Waals surface area contributed by atoms with Gasteiger partial charge in [0, 0.05) is 48.4 Å². The van der Waals surface area contributed by atoms with Crippen molar-refractivity contribution in [1.29, 1.82) is 0 Å². The van der Waals surface area contributed by atoms with E-state index in [1.54, 1.807) is 37.6 Å². The van der Waals surface area contributed by atoms with Crippen molar-refractivity contribution in [3.8, 4) is 0 Å². The normalized spacial score (nSPS) is 16.1. The summed E-state index contributed by atoms with van der Waals surface area (Å²) in [4.78, 5) is 32.9. The van der Waals surface area contributed by atoms with Crippen molar-refractivity contribution < 1.29 is 22.4 Å². The molecule has 2 aromatic heterocycles. The van der Waals surface area contributed by atoms with Crippen LogP contribution in [0.5, 0.6) is 0 Å². The van der Waals surface area contributed by atoms with E-state index in [0.29, 0.717) is 15.8 Å². The molecule has 1 unspecified atom stereocenters. The van der Waals surface area contributed by atoms with Crippen molar-refractivity contribution in [3.05, 3.63) is 86.4 Å². The van der Waals surface area contributed by atoms with Crippen LogP contribution in [-0.4, -0.2) is 49.8 Å². The van der Waals surface area contributed by atoms with Gasteiger partial charge in [0.1, 0.15) is 11.9 Å². The molecule has 0 saturated carbocycles. The lowest BCUT2D eigenvalue weighted by Crippen LogP contribution is -2.41. The number of sulfonamides is 1. The van der Waals surface area contributed by atoms with Crippen molar-refractivity contribution in [2.75, 3.05) is 18.5 Å². The lowest BCUT2D eigenvalue weighted by atomic mass is 10.1. The molecule has 0 aliphatic carbocycles. The SMILES string of the molecule is CN(Cc1cccnc1)C(=O)c1ccc(N2CCC(NS(=O)(=O)/C=C/c3ccc(Cl)s3)C2=O)c(F)c1. The van der Waals surface area contributed by atoms with Crippen LogP contribution in [-0.2, 0) is 21.4 Å². The second-order valence-corrected chi connectivity index (χ2v) is 11.5. The van der Waals surface area contributed by atoms with Gasteiger partial charge in [-0.1, -0.05) is 17.7 Å². The number of hydrogen-bond acceptors (Lipinski definition) is 6. The highest BCUT2D eigenvalue weighted by Gasteiger charge is 2.36. The van der Waals surface area contributed by atoms with Crippen molar-refractivity contribution in [3.63, 3.8) is 0 Å². The van der Waals surface area contributed by atoms with Gasteiger partial charge in [0.15, 0.2) is 0 Å². The van der Waals surface area contributed by atoms with Crippen LogP contribution in [0.25, 0.3) is 6.08 Å². The Morgan fingerprint density at radius 1 is 1.33 bits per heavy atom. The van der Waals surface area contributed by atoms with Crippen molar-refractivity contribution >= 4 is 56.5 Å². The van der Waals surface area contributed by atoms with E-state index in [0.717, 1.165) is 17.0 Å². The molecule has 1 aromatic carbocycles. The van der Waals surface area contributed by atoms with E-state index in [2.05, 4.69) is 9.71 Å². The number of pyridine rings is 1. The highest BCUT2D eigenvalue weighted by Crippen LogP contribution is 2.27. The number of aromatic nitrogens is 1. The Morgan fingerprint density at radius 2 is 2.14 bits per heavy atom. The van der Waals surface area contributed by atoms with Crippen LogP contribution in [0.4, 0.5) is 10.1 Å². The molecule has 1 N–H and O–H groups in total. The van der Waals surface area contributed by atoms with Crippen LogP contribution in [0.2, 0.25) is 4.34 Å². The first-order valence-corrected chi connectivity index (χ1v) is 13.6. The van der Waals surface area contributed by atoms with Gasteiger partial charge in [0.2, 0.25) is 15.9 Å². The Hall–Kier alpha value is -3.12. The zero-order chi connectivity index (χ0) is 25.9. The Labute approximate surface area is 217 Å². The van der Waals surface area contributed by atoms with Gasteiger partial charge in [0.25, 0.3) is 5.91 Å². The summed E-state index contributed by atoms with van der Waals surface area (Å²) < 4.78 is 42.7. The third kappa shape index (κ3) is 6.16. The fraction of sp³-hybridized carbons (Fsp3) is 0.208. The average molecular weight is 549 g/mol. The number of anilines is 1. The molecule has 2 amide bonds. The first-order valence-electron chi connectivity index (χ1n) is 10.8. The largest absolute Gasteiger partial charge is 0.337 e. The van der Waals surface area contributed by atoms with Gasteiger partial charge < -0.3 is 9.80 Å². The molecular formula is C24H22ClFN4O4S2. The fourth-order valence-electron chi connectivity index (χ4n) is 3.76. The van der Waals surface area contributed by atoms with Gasteiger partial charge in [-0.05, 0) is 54.5 Å². The van der Waals surface area contributed by atoms with Crippen LogP contribution < -0.4 is 9.62 Å². The topological polar surface area (TPSA) is 99.7 Å². The number of halogens is 2. The molecule has 1 fully saturated rings. The number of thiophene rings is 1. The maximum Gasteiger partial charge on any atom is 0.254 e. The molecule has 12 heteroatoms. The first-order chi connectivity index (χ1) is 17.1. The van der Waals surface area contributed by atoms with E-state index in [-0.39, 0.29) is 30.1 Å². The van der Waals surface area contributed by atoms with E-state index < -0.39 is 27.8 Å². The molecule has 8 nitrogen and oxygen atoms in total. The van der Waals surface area contributed by atoms with Crippen molar-refractivity contribution in [1.82, 2.24) is 14.6 Å². The van der Waals surface area contributed by atoms with Gasteiger partial charge in [-0.15, -0.1) is 11.3 Å². The fourth-order valence-corrected chi connectivity index (χ4v) is 5.83. The monoisotopic (exact) mass is 548 g/mol. The molecule has 3 heterocycles. The molecule has 188 valence electrons. The summed E-state index contributed by atoms with van der Waals surface area (Å²) in [5, 5.41) is 0.966. The van der Waals surface area contributed by atoms with Crippen LogP contribution >= 0.6 is 22.9 Å². The lowest BCUT2D eigenvalue weighted by Gasteiger charge is -2.20. The van der Waals surface area contributed by atoms with Crippen LogP contribution in [0.3, 0.4) is 0 Å². The number of amides is 2. The van der Waals surface area contributed by atoms with Gasteiger partial charge in [-0.2, -0.15) is 4.72 Å².